The van der Waals surface area contributed by atoms with E-state index in [1.807, 2.05) is 53.4 Å². The molecule has 0 spiro atoms. The van der Waals surface area contributed by atoms with Crippen molar-refractivity contribution >= 4 is 11.6 Å². The zero-order chi connectivity index (χ0) is 46.6. The molecule has 3 aliphatic carbocycles. The molecule has 356 valence electrons. The van der Waals surface area contributed by atoms with Crippen LogP contribution < -0.4 is 9.47 Å². The number of rotatable bonds is 23. The number of hydrogen-bond acceptors (Lipinski definition) is 8. The molecule has 0 saturated heterocycles. The molecule has 4 aliphatic rings. The number of aliphatic hydroxyl groups is 2. The van der Waals surface area contributed by atoms with Crippen LogP contribution in [-0.2, 0) is 34.1 Å². The summed E-state index contributed by atoms with van der Waals surface area (Å²) < 4.78 is 50.3. The van der Waals surface area contributed by atoms with Crippen LogP contribution in [0.5, 0.6) is 11.5 Å². The van der Waals surface area contributed by atoms with Crippen molar-refractivity contribution in [2.24, 2.45) is 28.8 Å². The number of hydrogen-bond donors (Lipinski definition) is 2. The van der Waals surface area contributed by atoms with Crippen LogP contribution in [0.1, 0.15) is 112 Å². The van der Waals surface area contributed by atoms with E-state index in [0.717, 1.165) is 67.2 Å². The Kier molecular flexibility index (Phi) is 16.6. The number of aliphatic hydroxyl groups excluding tert-OH is 2. The predicted molar refractivity (Wildman–Crippen MR) is 255 cm³/mol. The number of carbonyl (C=O) groups is 1. The molecule has 2 saturated carbocycles. The Morgan fingerprint density at radius 1 is 0.866 bits per heavy atom. The van der Waals surface area contributed by atoms with Gasteiger partial charge in [0.1, 0.15) is 42.4 Å². The fourth-order valence-electron chi connectivity index (χ4n) is 11.2. The van der Waals surface area contributed by atoms with Gasteiger partial charge in [0, 0.05) is 49.6 Å². The van der Waals surface area contributed by atoms with Gasteiger partial charge in [0.25, 0.3) is 0 Å². The van der Waals surface area contributed by atoms with E-state index >= 15 is 4.79 Å². The Hall–Kier alpha value is -5.36. The highest BCUT2D eigenvalue weighted by Gasteiger charge is 2.65. The Bertz CT molecular complexity index is 2320. The fraction of sp³-hybridized carbons (Fsp3) is 0.464. The third kappa shape index (κ3) is 11.3. The highest BCUT2D eigenvalue weighted by Crippen LogP contribution is 2.62. The van der Waals surface area contributed by atoms with E-state index in [-0.39, 0.29) is 81.3 Å². The number of amides is 1. The van der Waals surface area contributed by atoms with E-state index in [2.05, 4.69) is 12.7 Å². The van der Waals surface area contributed by atoms with Crippen LogP contribution in [0.15, 0.2) is 127 Å². The van der Waals surface area contributed by atoms with E-state index in [4.69, 9.17) is 24.2 Å². The van der Waals surface area contributed by atoms with Crippen LogP contribution in [0.2, 0.25) is 0 Å². The van der Waals surface area contributed by atoms with Crippen molar-refractivity contribution in [1.82, 2.24) is 4.90 Å². The lowest BCUT2D eigenvalue weighted by atomic mass is 9.55. The molecule has 0 unspecified atom stereocenters. The average Bonchev–Trinajstić information content (AvgIpc) is 3.88. The molecular formula is C56H66F2N2O7. The molecular weight excluding hydrogens is 851 g/mol. The normalized spacial score (nSPS) is 23.7. The summed E-state index contributed by atoms with van der Waals surface area (Å²) in [5.74, 6) is -1.33. The number of oxime groups is 1. The first-order valence-electron chi connectivity index (χ1n) is 24.5. The topological polar surface area (TPSA) is 110 Å². The molecule has 4 aromatic rings. The van der Waals surface area contributed by atoms with Gasteiger partial charge in [-0.05, 0) is 103 Å². The van der Waals surface area contributed by atoms with Gasteiger partial charge in [0.2, 0.25) is 11.7 Å². The van der Waals surface area contributed by atoms with E-state index in [9.17, 15) is 19.0 Å². The van der Waals surface area contributed by atoms with E-state index < -0.39 is 17.7 Å². The molecule has 1 heterocycles. The highest BCUT2D eigenvalue weighted by molar-refractivity contribution is 6.03. The minimum absolute atomic E-state index is 0.00372. The maximum Gasteiger partial charge on any atom is 0.239 e. The first-order valence-corrected chi connectivity index (χ1v) is 24.5. The molecule has 0 radical (unpaired) electrons. The second-order valence-electron chi connectivity index (χ2n) is 18.7. The van der Waals surface area contributed by atoms with Crippen molar-refractivity contribution in [1.29, 1.82) is 0 Å². The standard InChI is InChI=1S/C56H66F2N2O7/c1-2-32-65-56-52(60(36-40-22-25-44(57)26-23-40)53(63)29-24-39-14-6-7-15-39)35-50(59-66-37-41-16-4-3-5-17-41)47-33-42(18-10-12-30-61)46(20-11-13-31-62)54(55(47)56)48-34-45(27-28-51(48)67-56)64-38-43-19-8-9-21-49(43)58/h2-5,8-9,16-17,19,21-23,25-28,33-34,39,42,46,52,54-55,61-62H,1,6-7,10-15,18,20,24,29-32,35-38H2/t42-,46+,52-,54+,55+,56+/m0/s1. The van der Waals surface area contributed by atoms with Crippen LogP contribution in [0.25, 0.3) is 0 Å². The lowest BCUT2D eigenvalue weighted by molar-refractivity contribution is -0.258. The molecule has 11 heteroatoms. The number of carbonyl (C=O) groups excluding carboxylic acids is 1. The van der Waals surface area contributed by atoms with Gasteiger partial charge in [-0.25, -0.2) is 8.78 Å². The molecule has 4 aromatic carbocycles. The number of fused-ring (bicyclic) bond motifs is 2. The lowest BCUT2D eigenvalue weighted by Gasteiger charge is -2.60. The number of unbranched alkanes of at least 4 members (excludes halogenated alkanes) is 2. The van der Waals surface area contributed by atoms with E-state index in [1.165, 1.54) is 31.0 Å². The number of ether oxygens (including phenoxy) is 3. The van der Waals surface area contributed by atoms with Crippen LogP contribution in [0.4, 0.5) is 8.78 Å². The van der Waals surface area contributed by atoms with Crippen molar-refractivity contribution in [3.63, 3.8) is 0 Å². The van der Waals surface area contributed by atoms with Crippen molar-refractivity contribution in [3.8, 4) is 11.5 Å². The summed E-state index contributed by atoms with van der Waals surface area (Å²) >= 11 is 0. The smallest absolute Gasteiger partial charge is 0.239 e. The summed E-state index contributed by atoms with van der Waals surface area (Å²) in [6.07, 6.45) is 14.4. The molecule has 0 aromatic heterocycles. The van der Waals surface area contributed by atoms with Crippen molar-refractivity contribution in [2.45, 2.75) is 121 Å². The SMILES string of the molecule is C=CCO[C@@]12Oc3ccc(OCc4ccccc4F)cc3[C@H]3[C@H](CCCCO)[C@@H](CCCCO)C=C(C(=NOCc4ccccc4)C[C@@H]1N(Cc1ccc(F)cc1)C(=O)CCC1CCCC1)[C@H]32. The Balaban J connectivity index is 1.31. The molecule has 9 nitrogen and oxygen atoms in total. The number of nitrogens with zero attached hydrogens (tertiary/aromatic N) is 2. The monoisotopic (exact) mass is 916 g/mol. The van der Waals surface area contributed by atoms with Crippen molar-refractivity contribution in [3.05, 3.63) is 155 Å². The summed E-state index contributed by atoms with van der Waals surface area (Å²) in [6.45, 7) is 4.80. The second-order valence-corrected chi connectivity index (χ2v) is 18.7. The fourth-order valence-corrected chi connectivity index (χ4v) is 11.2. The van der Waals surface area contributed by atoms with Gasteiger partial charge in [0.15, 0.2) is 0 Å². The van der Waals surface area contributed by atoms with E-state index in [0.29, 0.717) is 48.0 Å². The average molecular weight is 917 g/mol. The van der Waals surface area contributed by atoms with Crippen LogP contribution in [0.3, 0.4) is 0 Å². The molecule has 2 fully saturated rings. The zero-order valence-corrected chi connectivity index (χ0v) is 38.6. The largest absolute Gasteiger partial charge is 0.489 e. The van der Waals surface area contributed by atoms with Gasteiger partial charge in [-0.1, -0.05) is 116 Å². The third-order valence-corrected chi connectivity index (χ3v) is 14.4. The summed E-state index contributed by atoms with van der Waals surface area (Å²) in [6, 6.07) is 27.8. The third-order valence-electron chi connectivity index (χ3n) is 14.4. The molecule has 8 rings (SSSR count). The van der Waals surface area contributed by atoms with Crippen LogP contribution in [-0.4, -0.2) is 58.4 Å². The molecule has 1 amide bonds. The number of benzene rings is 4. The first-order chi connectivity index (χ1) is 32.8. The predicted octanol–water partition coefficient (Wildman–Crippen LogP) is 11.4. The van der Waals surface area contributed by atoms with Gasteiger partial charge in [0.05, 0.1) is 18.2 Å². The number of halogens is 2. The molecule has 1 aliphatic heterocycles. The summed E-state index contributed by atoms with van der Waals surface area (Å²) in [5.41, 5.74) is 4.70. The Morgan fingerprint density at radius 3 is 2.36 bits per heavy atom. The van der Waals surface area contributed by atoms with Gasteiger partial charge in [-0.15, -0.1) is 6.58 Å². The van der Waals surface area contributed by atoms with E-state index in [1.54, 1.807) is 36.4 Å². The van der Waals surface area contributed by atoms with Gasteiger partial charge < -0.3 is 34.2 Å². The van der Waals surface area contributed by atoms with Crippen molar-refractivity contribution in [2.75, 3.05) is 19.8 Å². The Morgan fingerprint density at radius 2 is 1.61 bits per heavy atom. The summed E-state index contributed by atoms with van der Waals surface area (Å²) in [5, 5.41) is 25.0. The maximum absolute atomic E-state index is 15.2. The minimum Gasteiger partial charge on any atom is -0.489 e. The Labute approximate surface area is 394 Å². The van der Waals surface area contributed by atoms with Gasteiger partial charge in [-0.2, -0.15) is 0 Å². The molecule has 2 N–H and O–H groups in total. The highest BCUT2D eigenvalue weighted by atomic mass is 19.1. The van der Waals surface area contributed by atoms with Crippen LogP contribution in [0, 0.1) is 35.3 Å². The summed E-state index contributed by atoms with van der Waals surface area (Å²) in [4.78, 5) is 23.4. The molecule has 6 atom stereocenters. The minimum atomic E-state index is -1.46. The first kappa shape index (κ1) is 48.1. The van der Waals surface area contributed by atoms with Gasteiger partial charge >= 0.3 is 0 Å². The van der Waals surface area contributed by atoms with Crippen LogP contribution >= 0.6 is 0 Å². The van der Waals surface area contributed by atoms with Crippen molar-refractivity contribution < 1.29 is 42.8 Å². The summed E-state index contributed by atoms with van der Waals surface area (Å²) in [7, 11) is 0. The zero-order valence-electron chi connectivity index (χ0n) is 38.6. The molecule has 0 bridgehead atoms. The van der Waals surface area contributed by atoms with Gasteiger partial charge in [-0.3, -0.25) is 4.79 Å². The second kappa shape index (κ2) is 23.1. The number of allylic oxidation sites excluding steroid dienone is 1. The maximum atomic E-state index is 15.2. The molecule has 67 heavy (non-hydrogen) atoms. The lowest BCUT2D eigenvalue weighted by Crippen LogP contribution is -2.70. The quantitative estimate of drug-likeness (QED) is 0.0433.